The third-order valence-corrected chi connectivity index (χ3v) is 4.52. The van der Waals surface area contributed by atoms with Crippen LogP contribution in [0.15, 0.2) is 47.5 Å². The topological polar surface area (TPSA) is 50.3 Å². The average Bonchev–Trinajstić information content (AvgIpc) is 2.38. The van der Waals surface area contributed by atoms with E-state index in [0.29, 0.717) is 0 Å². The van der Waals surface area contributed by atoms with Crippen LogP contribution in [0.5, 0.6) is 0 Å². The summed E-state index contributed by atoms with van der Waals surface area (Å²) in [4.78, 5) is 3.67. The van der Waals surface area contributed by atoms with Gasteiger partial charge in [0.25, 0.3) is 10.0 Å². The molecule has 0 unspecified atom stereocenters. The molecule has 1 aromatic carbocycles. The lowest BCUT2D eigenvalue weighted by molar-refractivity contribution is 0.589. The molecule has 1 aromatic heterocycles. The van der Waals surface area contributed by atoms with Crippen molar-refractivity contribution in [2.75, 3.05) is 11.4 Å². The van der Waals surface area contributed by atoms with Crippen LogP contribution in [0.25, 0.3) is 0 Å². The van der Waals surface area contributed by atoms with E-state index in [1.54, 1.807) is 6.07 Å². The fourth-order valence-electron chi connectivity index (χ4n) is 1.54. The molecule has 0 N–H and O–H groups in total. The molecule has 0 saturated carbocycles. The zero-order valence-corrected chi connectivity index (χ0v) is 11.5. The van der Waals surface area contributed by atoms with Gasteiger partial charge < -0.3 is 0 Å². The Hall–Kier alpha value is -1.66. The summed E-state index contributed by atoms with van der Waals surface area (Å²) >= 11 is 5.66. The van der Waals surface area contributed by atoms with E-state index in [1.165, 1.54) is 43.6 Å². The molecule has 0 aliphatic heterocycles. The maximum Gasteiger partial charge on any atom is 0.264 e. The van der Waals surface area contributed by atoms with Gasteiger partial charge in [-0.05, 0) is 24.3 Å². The molecule has 2 aromatic rings. The highest BCUT2D eigenvalue weighted by molar-refractivity contribution is 7.92. The summed E-state index contributed by atoms with van der Waals surface area (Å²) in [5.74, 6) is -0.617. The first-order chi connectivity index (χ1) is 8.93. The van der Waals surface area contributed by atoms with E-state index >= 15 is 0 Å². The predicted molar refractivity (Wildman–Crippen MR) is 71.2 cm³/mol. The third kappa shape index (κ3) is 2.69. The molecule has 19 heavy (non-hydrogen) atoms. The number of anilines is 1. The maximum atomic E-state index is 13.6. The van der Waals surface area contributed by atoms with Crippen LogP contribution >= 0.6 is 11.6 Å². The van der Waals surface area contributed by atoms with Crippen LogP contribution in [-0.4, -0.2) is 20.4 Å². The largest absolute Gasteiger partial charge is 0.266 e. The Balaban J connectivity index is 2.49. The van der Waals surface area contributed by atoms with Gasteiger partial charge in [-0.1, -0.05) is 23.7 Å². The highest BCUT2D eigenvalue weighted by Gasteiger charge is 2.23. The second-order valence-corrected chi connectivity index (χ2v) is 6.09. The minimum atomic E-state index is -3.87. The van der Waals surface area contributed by atoms with Crippen LogP contribution in [0.3, 0.4) is 0 Å². The predicted octanol–water partition coefficient (Wildman–Crippen LogP) is 2.70. The number of hydrogen-bond acceptors (Lipinski definition) is 3. The smallest absolute Gasteiger partial charge is 0.264 e. The van der Waals surface area contributed by atoms with Crippen molar-refractivity contribution >= 4 is 27.3 Å². The van der Waals surface area contributed by atoms with Crippen molar-refractivity contribution in [3.8, 4) is 0 Å². The number of rotatable bonds is 3. The highest BCUT2D eigenvalue weighted by Crippen LogP contribution is 2.25. The number of sulfonamides is 1. The Kier molecular flexibility index (Phi) is 3.73. The molecule has 0 aliphatic rings. The third-order valence-electron chi connectivity index (χ3n) is 2.55. The summed E-state index contributed by atoms with van der Waals surface area (Å²) in [7, 11) is -2.59. The fourth-order valence-corrected chi connectivity index (χ4v) is 3.00. The van der Waals surface area contributed by atoms with Gasteiger partial charge in [0.15, 0.2) is 0 Å². The van der Waals surface area contributed by atoms with Gasteiger partial charge in [-0.25, -0.2) is 17.8 Å². The van der Waals surface area contributed by atoms with E-state index in [-0.39, 0.29) is 15.7 Å². The van der Waals surface area contributed by atoms with Crippen molar-refractivity contribution < 1.29 is 12.8 Å². The van der Waals surface area contributed by atoms with Crippen molar-refractivity contribution in [1.82, 2.24) is 4.98 Å². The Morgan fingerprint density at radius 2 is 1.95 bits per heavy atom. The molecule has 0 atom stereocenters. The SMILES string of the molecule is CN(c1ccccc1F)S(=O)(=O)c1ccnc(Cl)c1. The second kappa shape index (κ2) is 5.14. The zero-order chi connectivity index (χ0) is 14.0. The molecule has 0 bridgehead atoms. The van der Waals surface area contributed by atoms with Crippen LogP contribution in [0.2, 0.25) is 5.15 Å². The summed E-state index contributed by atoms with van der Waals surface area (Å²) in [5.41, 5.74) is -0.0320. The number of benzene rings is 1. The van der Waals surface area contributed by atoms with E-state index in [4.69, 9.17) is 11.6 Å². The minimum absolute atomic E-state index is 0.0320. The lowest BCUT2D eigenvalue weighted by Crippen LogP contribution is -2.27. The lowest BCUT2D eigenvalue weighted by atomic mass is 10.3. The molecule has 0 saturated heterocycles. The number of aromatic nitrogens is 1. The number of para-hydroxylation sites is 1. The lowest BCUT2D eigenvalue weighted by Gasteiger charge is -2.19. The van der Waals surface area contributed by atoms with E-state index in [2.05, 4.69) is 4.98 Å². The number of halogens is 2. The van der Waals surface area contributed by atoms with Crippen molar-refractivity contribution in [1.29, 1.82) is 0 Å². The fraction of sp³-hybridized carbons (Fsp3) is 0.0833. The summed E-state index contributed by atoms with van der Waals surface area (Å²) in [6.45, 7) is 0. The number of pyridine rings is 1. The van der Waals surface area contributed by atoms with E-state index in [1.807, 2.05) is 0 Å². The van der Waals surface area contributed by atoms with Gasteiger partial charge in [0, 0.05) is 13.2 Å². The average molecular weight is 301 g/mol. The summed E-state index contributed by atoms with van der Waals surface area (Å²) < 4.78 is 39.1. The Morgan fingerprint density at radius 3 is 2.58 bits per heavy atom. The van der Waals surface area contributed by atoms with Crippen molar-refractivity contribution in [2.45, 2.75) is 4.90 Å². The van der Waals surface area contributed by atoms with Gasteiger partial charge in [-0.3, -0.25) is 4.31 Å². The molecule has 0 fully saturated rings. The molecule has 4 nitrogen and oxygen atoms in total. The van der Waals surface area contributed by atoms with Gasteiger partial charge in [0.2, 0.25) is 0 Å². The molecule has 0 aliphatic carbocycles. The molecule has 0 radical (unpaired) electrons. The standard InChI is InChI=1S/C12H10ClFN2O2S/c1-16(11-5-3-2-4-10(11)14)19(17,18)9-6-7-15-12(13)8-9/h2-8H,1H3. The van der Waals surface area contributed by atoms with E-state index < -0.39 is 15.8 Å². The van der Waals surface area contributed by atoms with Crippen LogP contribution in [0.4, 0.5) is 10.1 Å². The highest BCUT2D eigenvalue weighted by atomic mass is 35.5. The van der Waals surface area contributed by atoms with Crippen molar-refractivity contribution in [3.05, 3.63) is 53.6 Å². The monoisotopic (exact) mass is 300 g/mol. The quantitative estimate of drug-likeness (QED) is 0.819. The molecule has 1 heterocycles. The van der Waals surface area contributed by atoms with Crippen LogP contribution in [-0.2, 0) is 10.0 Å². The van der Waals surface area contributed by atoms with E-state index in [0.717, 1.165) is 4.31 Å². The van der Waals surface area contributed by atoms with Gasteiger partial charge in [-0.2, -0.15) is 0 Å². The molecule has 100 valence electrons. The molecule has 0 amide bonds. The number of hydrogen-bond donors (Lipinski definition) is 0. The van der Waals surface area contributed by atoms with Gasteiger partial charge in [0.1, 0.15) is 11.0 Å². The molecular weight excluding hydrogens is 291 g/mol. The van der Waals surface area contributed by atoms with Gasteiger partial charge in [-0.15, -0.1) is 0 Å². The normalized spacial score (nSPS) is 11.3. The minimum Gasteiger partial charge on any atom is -0.266 e. The van der Waals surface area contributed by atoms with Crippen LogP contribution < -0.4 is 4.31 Å². The van der Waals surface area contributed by atoms with Crippen LogP contribution in [0, 0.1) is 5.82 Å². The van der Waals surface area contributed by atoms with Crippen LogP contribution in [0.1, 0.15) is 0 Å². The summed E-state index contributed by atoms with van der Waals surface area (Å²) in [5, 5.41) is 0.0583. The second-order valence-electron chi connectivity index (χ2n) is 3.74. The van der Waals surface area contributed by atoms with Gasteiger partial charge in [0.05, 0.1) is 10.6 Å². The number of nitrogens with zero attached hydrogens (tertiary/aromatic N) is 2. The van der Waals surface area contributed by atoms with Gasteiger partial charge >= 0.3 is 0 Å². The first-order valence-corrected chi connectivity index (χ1v) is 7.10. The first-order valence-electron chi connectivity index (χ1n) is 5.28. The Bertz CT molecular complexity index is 706. The van der Waals surface area contributed by atoms with Crippen molar-refractivity contribution in [3.63, 3.8) is 0 Å². The summed E-state index contributed by atoms with van der Waals surface area (Å²) in [6.07, 6.45) is 1.28. The molecule has 2 rings (SSSR count). The van der Waals surface area contributed by atoms with Crippen molar-refractivity contribution in [2.24, 2.45) is 0 Å². The zero-order valence-electron chi connectivity index (χ0n) is 9.92. The molecular formula is C12H10ClFN2O2S. The Labute approximate surface area is 115 Å². The first kappa shape index (κ1) is 13.8. The Morgan fingerprint density at radius 1 is 1.26 bits per heavy atom. The maximum absolute atomic E-state index is 13.6. The summed E-state index contributed by atoms with van der Waals surface area (Å²) in [6, 6.07) is 8.15. The van der Waals surface area contributed by atoms with E-state index in [9.17, 15) is 12.8 Å². The molecule has 0 spiro atoms. The molecule has 7 heteroatoms.